The zero-order valence-corrected chi connectivity index (χ0v) is 11.6. The molecule has 0 spiro atoms. The van der Waals surface area contributed by atoms with Crippen molar-refractivity contribution >= 4 is 17.3 Å². The Bertz CT molecular complexity index is 478. The number of amides is 1. The predicted octanol–water partition coefficient (Wildman–Crippen LogP) is 1.10. The monoisotopic (exact) mass is 275 g/mol. The molecule has 20 heavy (non-hydrogen) atoms. The van der Waals surface area contributed by atoms with E-state index in [0.717, 1.165) is 57.0 Å². The quantitative estimate of drug-likeness (QED) is 0.821. The van der Waals surface area contributed by atoms with Crippen molar-refractivity contribution in [2.45, 2.75) is 18.9 Å². The minimum atomic E-state index is -0.205. The van der Waals surface area contributed by atoms with Gasteiger partial charge in [-0.05, 0) is 25.0 Å². The van der Waals surface area contributed by atoms with Crippen molar-refractivity contribution in [1.29, 1.82) is 0 Å². The number of hydrogen-bond donors (Lipinski definition) is 1. The second kappa shape index (κ2) is 5.71. The molecule has 5 heteroatoms. The molecule has 108 valence electrons. The zero-order chi connectivity index (χ0) is 13.9. The van der Waals surface area contributed by atoms with Gasteiger partial charge in [0.2, 0.25) is 0 Å². The van der Waals surface area contributed by atoms with Crippen LogP contribution in [0, 0.1) is 0 Å². The van der Waals surface area contributed by atoms with E-state index < -0.39 is 0 Å². The number of nitrogens with two attached hydrogens (primary N) is 1. The van der Waals surface area contributed by atoms with Gasteiger partial charge in [0.1, 0.15) is 6.10 Å². The molecular weight excluding hydrogens is 254 g/mol. The van der Waals surface area contributed by atoms with E-state index in [0.29, 0.717) is 0 Å². The fourth-order valence-electron chi connectivity index (χ4n) is 2.92. The number of rotatable bonds is 2. The Morgan fingerprint density at radius 1 is 1.20 bits per heavy atom. The molecule has 2 heterocycles. The summed E-state index contributed by atoms with van der Waals surface area (Å²) >= 11 is 0. The Morgan fingerprint density at radius 3 is 2.60 bits per heavy atom. The van der Waals surface area contributed by atoms with Gasteiger partial charge in [-0.1, -0.05) is 12.1 Å². The number of anilines is 2. The summed E-state index contributed by atoms with van der Waals surface area (Å²) in [4.78, 5) is 16.4. The highest BCUT2D eigenvalue weighted by atomic mass is 16.5. The van der Waals surface area contributed by atoms with Crippen molar-refractivity contribution in [2.24, 2.45) is 0 Å². The summed E-state index contributed by atoms with van der Waals surface area (Å²) in [5.41, 5.74) is 7.87. The average molecular weight is 275 g/mol. The Morgan fingerprint density at radius 2 is 1.95 bits per heavy atom. The number of carbonyl (C=O) groups is 1. The number of hydrogen-bond acceptors (Lipinski definition) is 4. The maximum absolute atomic E-state index is 12.3. The topological polar surface area (TPSA) is 58.8 Å². The van der Waals surface area contributed by atoms with Crippen molar-refractivity contribution < 1.29 is 9.53 Å². The highest BCUT2D eigenvalue weighted by Crippen LogP contribution is 2.24. The van der Waals surface area contributed by atoms with Crippen LogP contribution in [-0.2, 0) is 9.53 Å². The minimum Gasteiger partial charge on any atom is -0.397 e. The molecule has 0 bridgehead atoms. The van der Waals surface area contributed by atoms with Crippen LogP contribution in [0.4, 0.5) is 11.4 Å². The number of para-hydroxylation sites is 2. The van der Waals surface area contributed by atoms with Crippen LogP contribution in [0.5, 0.6) is 0 Å². The third-order valence-corrected chi connectivity index (χ3v) is 4.07. The van der Waals surface area contributed by atoms with Gasteiger partial charge in [-0.25, -0.2) is 0 Å². The molecule has 0 radical (unpaired) electrons. The van der Waals surface area contributed by atoms with Crippen LogP contribution in [0.1, 0.15) is 12.8 Å². The SMILES string of the molecule is Nc1ccccc1N1CCN(C(=O)C2CCCO2)CC1. The minimum absolute atomic E-state index is 0.156. The Kier molecular flexibility index (Phi) is 3.78. The summed E-state index contributed by atoms with van der Waals surface area (Å²) in [5.74, 6) is 0.156. The fourth-order valence-corrected chi connectivity index (χ4v) is 2.92. The summed E-state index contributed by atoms with van der Waals surface area (Å²) < 4.78 is 5.47. The first kappa shape index (κ1) is 13.2. The molecule has 0 aromatic heterocycles. The van der Waals surface area contributed by atoms with Crippen LogP contribution in [-0.4, -0.2) is 49.7 Å². The maximum atomic E-state index is 12.3. The number of benzene rings is 1. The van der Waals surface area contributed by atoms with Crippen molar-refractivity contribution in [3.8, 4) is 0 Å². The van der Waals surface area contributed by atoms with Gasteiger partial charge in [0.05, 0.1) is 11.4 Å². The molecule has 2 aliphatic heterocycles. The molecule has 1 aromatic rings. The van der Waals surface area contributed by atoms with Crippen LogP contribution < -0.4 is 10.6 Å². The fraction of sp³-hybridized carbons (Fsp3) is 0.533. The Labute approximate surface area is 119 Å². The molecule has 0 aliphatic carbocycles. The molecule has 0 saturated carbocycles. The van der Waals surface area contributed by atoms with Crippen molar-refractivity contribution in [3.63, 3.8) is 0 Å². The highest BCUT2D eigenvalue weighted by molar-refractivity contribution is 5.81. The lowest BCUT2D eigenvalue weighted by molar-refractivity contribution is -0.141. The van der Waals surface area contributed by atoms with Crippen LogP contribution >= 0.6 is 0 Å². The zero-order valence-electron chi connectivity index (χ0n) is 11.6. The smallest absolute Gasteiger partial charge is 0.251 e. The van der Waals surface area contributed by atoms with E-state index in [4.69, 9.17) is 10.5 Å². The lowest BCUT2D eigenvalue weighted by Crippen LogP contribution is -2.51. The summed E-state index contributed by atoms with van der Waals surface area (Å²) in [6.07, 6.45) is 1.66. The molecule has 1 unspecified atom stereocenters. The standard InChI is InChI=1S/C15H21N3O2/c16-12-4-1-2-5-13(12)17-7-9-18(10-8-17)15(19)14-6-3-11-20-14/h1-2,4-5,14H,3,6-11,16H2. The van der Waals surface area contributed by atoms with Crippen molar-refractivity contribution in [1.82, 2.24) is 4.90 Å². The molecule has 5 nitrogen and oxygen atoms in total. The van der Waals surface area contributed by atoms with Gasteiger partial charge in [-0.3, -0.25) is 4.79 Å². The lowest BCUT2D eigenvalue weighted by Gasteiger charge is -2.37. The molecule has 2 saturated heterocycles. The van der Waals surface area contributed by atoms with E-state index in [9.17, 15) is 4.79 Å². The summed E-state index contributed by atoms with van der Waals surface area (Å²) in [7, 11) is 0. The van der Waals surface area contributed by atoms with Crippen LogP contribution in [0.2, 0.25) is 0 Å². The van der Waals surface area contributed by atoms with Gasteiger partial charge in [-0.2, -0.15) is 0 Å². The second-order valence-corrected chi connectivity index (χ2v) is 5.37. The highest BCUT2D eigenvalue weighted by Gasteiger charge is 2.30. The van der Waals surface area contributed by atoms with Crippen LogP contribution in [0.3, 0.4) is 0 Å². The number of piperazine rings is 1. The number of nitrogen functional groups attached to an aromatic ring is 1. The Hall–Kier alpha value is -1.75. The summed E-state index contributed by atoms with van der Waals surface area (Å²) in [5, 5.41) is 0. The first-order valence-corrected chi connectivity index (χ1v) is 7.25. The van der Waals surface area contributed by atoms with Gasteiger partial charge in [0.15, 0.2) is 0 Å². The largest absolute Gasteiger partial charge is 0.397 e. The normalized spacial score (nSPS) is 23.1. The van der Waals surface area contributed by atoms with E-state index >= 15 is 0 Å². The molecule has 2 aliphatic rings. The van der Waals surface area contributed by atoms with E-state index in [-0.39, 0.29) is 12.0 Å². The number of ether oxygens (including phenoxy) is 1. The Balaban J connectivity index is 1.59. The van der Waals surface area contributed by atoms with Gasteiger partial charge >= 0.3 is 0 Å². The molecule has 2 fully saturated rings. The van der Waals surface area contributed by atoms with Gasteiger partial charge < -0.3 is 20.3 Å². The van der Waals surface area contributed by atoms with Crippen LogP contribution in [0.25, 0.3) is 0 Å². The van der Waals surface area contributed by atoms with Crippen molar-refractivity contribution in [3.05, 3.63) is 24.3 Å². The third kappa shape index (κ3) is 2.58. The van der Waals surface area contributed by atoms with Gasteiger partial charge in [0, 0.05) is 32.8 Å². The van der Waals surface area contributed by atoms with Gasteiger partial charge in [-0.15, -0.1) is 0 Å². The summed E-state index contributed by atoms with van der Waals surface area (Å²) in [6, 6.07) is 7.89. The summed E-state index contributed by atoms with van der Waals surface area (Å²) in [6.45, 7) is 3.86. The lowest BCUT2D eigenvalue weighted by atomic mass is 10.2. The first-order valence-electron chi connectivity index (χ1n) is 7.25. The van der Waals surface area contributed by atoms with Crippen LogP contribution in [0.15, 0.2) is 24.3 Å². The van der Waals surface area contributed by atoms with E-state index in [2.05, 4.69) is 4.90 Å². The first-order chi connectivity index (χ1) is 9.75. The molecule has 1 aromatic carbocycles. The molecular formula is C15H21N3O2. The maximum Gasteiger partial charge on any atom is 0.251 e. The number of nitrogens with zero attached hydrogens (tertiary/aromatic N) is 2. The van der Waals surface area contributed by atoms with E-state index in [1.165, 1.54) is 0 Å². The predicted molar refractivity (Wildman–Crippen MR) is 78.6 cm³/mol. The van der Waals surface area contributed by atoms with E-state index in [1.54, 1.807) is 0 Å². The van der Waals surface area contributed by atoms with Crippen molar-refractivity contribution in [2.75, 3.05) is 43.4 Å². The molecule has 1 amide bonds. The second-order valence-electron chi connectivity index (χ2n) is 5.37. The van der Waals surface area contributed by atoms with E-state index in [1.807, 2.05) is 29.2 Å². The molecule has 2 N–H and O–H groups in total. The molecule has 1 atom stereocenters. The third-order valence-electron chi connectivity index (χ3n) is 4.07. The molecule has 3 rings (SSSR count). The average Bonchev–Trinajstić information content (AvgIpc) is 3.01. The number of carbonyl (C=O) groups excluding carboxylic acids is 1. The van der Waals surface area contributed by atoms with Gasteiger partial charge in [0.25, 0.3) is 5.91 Å².